The van der Waals surface area contributed by atoms with Gasteiger partial charge >= 0.3 is 0 Å². The Labute approximate surface area is 112 Å². The molecule has 0 radical (unpaired) electrons. The molecular weight excluding hydrogens is 271 g/mol. The second kappa shape index (κ2) is 5.70. The number of carbonyl (C=O) groups excluding carboxylic acids is 1. The summed E-state index contributed by atoms with van der Waals surface area (Å²) in [5, 5.41) is 10.3. The highest BCUT2D eigenvalue weighted by Crippen LogP contribution is 2.18. The Bertz CT molecular complexity index is 602. The molecule has 0 saturated carbocycles. The second-order valence-corrected chi connectivity index (χ2v) is 4.59. The van der Waals surface area contributed by atoms with Gasteiger partial charge < -0.3 is 15.5 Å². The molecule has 0 unspecified atom stereocenters. The number of anilines is 2. The zero-order chi connectivity index (χ0) is 13.8. The molecule has 0 aliphatic rings. The Hall–Kier alpha value is -2.09. The van der Waals surface area contributed by atoms with E-state index in [0.717, 1.165) is 11.8 Å². The Morgan fingerprint density at radius 3 is 2.95 bits per heavy atom. The smallest absolute Gasteiger partial charge is 0.277 e. The summed E-state index contributed by atoms with van der Waals surface area (Å²) < 4.78 is 18.0. The zero-order valence-corrected chi connectivity index (χ0v) is 10.8. The number of rotatable bonds is 4. The molecule has 0 saturated heterocycles. The summed E-state index contributed by atoms with van der Waals surface area (Å²) in [5.74, 6) is -0.242. The summed E-state index contributed by atoms with van der Waals surface area (Å²) in [6, 6.07) is 3.99. The Balaban J connectivity index is 1.88. The molecule has 19 heavy (non-hydrogen) atoms. The van der Waals surface area contributed by atoms with E-state index in [2.05, 4.69) is 15.5 Å². The number of carbonyl (C=O) groups is 1. The van der Waals surface area contributed by atoms with Crippen molar-refractivity contribution in [3.63, 3.8) is 0 Å². The molecule has 2 aromatic rings. The number of hydrogen-bond acceptors (Lipinski definition) is 6. The van der Waals surface area contributed by atoms with Crippen LogP contribution in [0.4, 0.5) is 15.8 Å². The maximum Gasteiger partial charge on any atom is 0.277 e. The van der Waals surface area contributed by atoms with Crippen LogP contribution >= 0.6 is 11.8 Å². The Morgan fingerprint density at radius 1 is 1.53 bits per heavy atom. The minimum absolute atomic E-state index is 0.0158. The van der Waals surface area contributed by atoms with Gasteiger partial charge in [-0.2, -0.15) is 0 Å². The van der Waals surface area contributed by atoms with Gasteiger partial charge in [-0.15, -0.1) is 10.2 Å². The van der Waals surface area contributed by atoms with Gasteiger partial charge in [-0.3, -0.25) is 4.79 Å². The average molecular weight is 282 g/mol. The van der Waals surface area contributed by atoms with Crippen molar-refractivity contribution in [3.8, 4) is 0 Å². The minimum Gasteiger partial charge on any atom is -0.416 e. The lowest BCUT2D eigenvalue weighted by Gasteiger charge is -2.05. The Morgan fingerprint density at radius 2 is 2.32 bits per heavy atom. The van der Waals surface area contributed by atoms with Crippen molar-refractivity contribution in [3.05, 3.63) is 29.9 Å². The molecule has 100 valence electrons. The lowest BCUT2D eigenvalue weighted by Crippen LogP contribution is -2.14. The number of thioether (sulfide) groups is 1. The first-order valence-electron chi connectivity index (χ1n) is 5.32. The molecule has 0 aliphatic carbocycles. The van der Waals surface area contributed by atoms with E-state index < -0.39 is 5.82 Å². The van der Waals surface area contributed by atoms with Crippen LogP contribution in [0.5, 0.6) is 0 Å². The third-order valence-electron chi connectivity index (χ3n) is 2.11. The molecule has 1 heterocycles. The maximum absolute atomic E-state index is 12.9. The fourth-order valence-electron chi connectivity index (χ4n) is 1.28. The van der Waals surface area contributed by atoms with Gasteiger partial charge in [-0.05, 0) is 18.2 Å². The van der Waals surface area contributed by atoms with E-state index in [9.17, 15) is 9.18 Å². The van der Waals surface area contributed by atoms with Crippen LogP contribution in [0.3, 0.4) is 0 Å². The molecule has 6 nitrogen and oxygen atoms in total. The molecule has 0 spiro atoms. The number of aryl methyl sites for hydroxylation is 1. The molecule has 0 fully saturated rings. The van der Waals surface area contributed by atoms with Gasteiger partial charge in [0.05, 0.1) is 11.4 Å². The first-order chi connectivity index (χ1) is 9.04. The normalized spacial score (nSPS) is 10.4. The van der Waals surface area contributed by atoms with Crippen molar-refractivity contribution in [2.45, 2.75) is 12.1 Å². The van der Waals surface area contributed by atoms with Gasteiger partial charge in [0, 0.05) is 12.6 Å². The molecule has 2 rings (SSSR count). The van der Waals surface area contributed by atoms with E-state index in [1.165, 1.54) is 18.2 Å². The van der Waals surface area contributed by atoms with Gasteiger partial charge in [0.2, 0.25) is 11.8 Å². The van der Waals surface area contributed by atoms with Crippen LogP contribution < -0.4 is 11.1 Å². The lowest BCUT2D eigenvalue weighted by molar-refractivity contribution is -0.113. The molecule has 8 heteroatoms. The van der Waals surface area contributed by atoms with E-state index in [-0.39, 0.29) is 17.3 Å². The van der Waals surface area contributed by atoms with Crippen LogP contribution in [-0.4, -0.2) is 21.9 Å². The van der Waals surface area contributed by atoms with Crippen LogP contribution in [0.1, 0.15) is 5.89 Å². The van der Waals surface area contributed by atoms with Gasteiger partial charge in [0.1, 0.15) is 5.82 Å². The summed E-state index contributed by atoms with van der Waals surface area (Å²) in [5.41, 5.74) is 5.82. The van der Waals surface area contributed by atoms with Gasteiger partial charge in [-0.25, -0.2) is 4.39 Å². The molecule has 1 amide bonds. The van der Waals surface area contributed by atoms with Crippen LogP contribution in [0, 0.1) is 12.7 Å². The quantitative estimate of drug-likeness (QED) is 0.656. The number of benzene rings is 1. The standard InChI is InChI=1S/C11H11FN4O2S/c1-6-15-16-11(18-6)19-5-10(17)14-7-2-3-8(12)9(13)4-7/h2-4H,5,13H2,1H3,(H,14,17). The summed E-state index contributed by atoms with van der Waals surface area (Å²) >= 11 is 1.12. The SMILES string of the molecule is Cc1nnc(SCC(=O)Nc2ccc(F)c(N)c2)o1. The van der Waals surface area contributed by atoms with Gasteiger partial charge in [0.15, 0.2) is 0 Å². The molecule has 0 aliphatic heterocycles. The number of nitrogen functional groups attached to an aromatic ring is 1. The topological polar surface area (TPSA) is 94.0 Å². The van der Waals surface area contributed by atoms with Crippen molar-refractivity contribution in [1.29, 1.82) is 0 Å². The summed E-state index contributed by atoms with van der Waals surface area (Å²) in [6.45, 7) is 1.67. The van der Waals surface area contributed by atoms with E-state index in [4.69, 9.17) is 10.2 Å². The maximum atomic E-state index is 12.9. The number of nitrogens with two attached hydrogens (primary N) is 1. The molecule has 0 bridgehead atoms. The highest BCUT2D eigenvalue weighted by atomic mass is 32.2. The van der Waals surface area contributed by atoms with Crippen molar-refractivity contribution in [1.82, 2.24) is 10.2 Å². The third kappa shape index (κ3) is 3.68. The van der Waals surface area contributed by atoms with Crippen LogP contribution in [-0.2, 0) is 4.79 Å². The number of halogens is 1. The fourth-order valence-corrected chi connectivity index (χ4v) is 1.89. The summed E-state index contributed by atoms with van der Waals surface area (Å²) in [4.78, 5) is 11.6. The number of hydrogen-bond donors (Lipinski definition) is 2. The first kappa shape index (κ1) is 13.3. The van der Waals surface area contributed by atoms with E-state index in [0.29, 0.717) is 16.8 Å². The molecule has 0 atom stereocenters. The number of aromatic nitrogens is 2. The highest BCUT2D eigenvalue weighted by Gasteiger charge is 2.09. The number of nitrogens with one attached hydrogen (secondary N) is 1. The zero-order valence-electron chi connectivity index (χ0n) is 10.0. The van der Waals surface area contributed by atoms with Crippen molar-refractivity contribution >= 4 is 29.0 Å². The number of amides is 1. The van der Waals surface area contributed by atoms with Crippen LogP contribution in [0.15, 0.2) is 27.8 Å². The molecule has 1 aromatic carbocycles. The molecule has 1 aromatic heterocycles. The largest absolute Gasteiger partial charge is 0.416 e. The lowest BCUT2D eigenvalue weighted by atomic mass is 10.2. The monoisotopic (exact) mass is 282 g/mol. The number of nitrogens with zero attached hydrogens (tertiary/aromatic N) is 2. The predicted molar refractivity (Wildman–Crippen MR) is 69.2 cm³/mol. The third-order valence-corrected chi connectivity index (χ3v) is 2.93. The molecular formula is C11H11FN4O2S. The highest BCUT2D eigenvalue weighted by molar-refractivity contribution is 7.99. The van der Waals surface area contributed by atoms with Crippen molar-refractivity contribution < 1.29 is 13.6 Å². The minimum atomic E-state index is -0.520. The fraction of sp³-hybridized carbons (Fsp3) is 0.182. The average Bonchev–Trinajstić information content (AvgIpc) is 2.77. The van der Waals surface area contributed by atoms with E-state index in [1.807, 2.05) is 0 Å². The van der Waals surface area contributed by atoms with E-state index >= 15 is 0 Å². The first-order valence-corrected chi connectivity index (χ1v) is 6.31. The van der Waals surface area contributed by atoms with Crippen LogP contribution in [0.2, 0.25) is 0 Å². The van der Waals surface area contributed by atoms with Crippen molar-refractivity contribution in [2.24, 2.45) is 0 Å². The molecule has 3 N–H and O–H groups in total. The Kier molecular flexibility index (Phi) is 4.00. The van der Waals surface area contributed by atoms with Gasteiger partial charge in [-0.1, -0.05) is 11.8 Å². The van der Waals surface area contributed by atoms with Gasteiger partial charge in [0.25, 0.3) is 5.22 Å². The van der Waals surface area contributed by atoms with E-state index in [1.54, 1.807) is 6.92 Å². The second-order valence-electron chi connectivity index (χ2n) is 3.66. The van der Waals surface area contributed by atoms with Crippen LogP contribution in [0.25, 0.3) is 0 Å². The predicted octanol–water partition coefficient (Wildman–Crippen LogP) is 1.83. The van der Waals surface area contributed by atoms with Crippen molar-refractivity contribution in [2.75, 3.05) is 16.8 Å². The summed E-state index contributed by atoms with van der Waals surface area (Å²) in [7, 11) is 0. The summed E-state index contributed by atoms with van der Waals surface area (Å²) in [6.07, 6.45) is 0.